The van der Waals surface area contributed by atoms with E-state index < -0.39 is 4.92 Å². The second-order valence-electron chi connectivity index (χ2n) is 3.26. The molecule has 0 spiro atoms. The highest BCUT2D eigenvalue weighted by atomic mass is 35.5. The molecule has 0 bridgehead atoms. The largest absolute Gasteiger partial charge is 0.365 e. The van der Waals surface area contributed by atoms with E-state index in [2.05, 4.69) is 10.5 Å². The average Bonchev–Trinajstić information content (AvgIpc) is 2.77. The van der Waals surface area contributed by atoms with Gasteiger partial charge >= 0.3 is 0 Å². The van der Waals surface area contributed by atoms with Gasteiger partial charge < -0.3 is 14.7 Å². The van der Waals surface area contributed by atoms with E-state index in [1.807, 2.05) is 0 Å². The summed E-state index contributed by atoms with van der Waals surface area (Å²) in [5.74, 6) is 1.04. The predicted molar refractivity (Wildman–Crippen MR) is 55.0 cm³/mol. The number of hydrogen-bond acceptors (Lipinski definition) is 6. The normalized spacial score (nSPS) is 17.8. The fourth-order valence-electron chi connectivity index (χ4n) is 1.49. The summed E-state index contributed by atoms with van der Waals surface area (Å²) in [6, 6.07) is 1.59. The second kappa shape index (κ2) is 4.40. The van der Waals surface area contributed by atoms with Crippen LogP contribution < -0.4 is 5.32 Å². The Kier molecular flexibility index (Phi) is 2.95. The first-order valence-corrected chi connectivity index (χ1v) is 4.98. The number of nitrogens with zero attached hydrogens (tertiary/aromatic N) is 3. The molecule has 1 aliphatic rings. The zero-order valence-corrected chi connectivity index (χ0v) is 8.98. The minimum absolute atomic E-state index is 0.280. The number of rotatable bonds is 3. The van der Waals surface area contributed by atoms with E-state index in [4.69, 9.17) is 16.1 Å². The summed E-state index contributed by atoms with van der Waals surface area (Å²) in [4.78, 5) is 11.7. The van der Waals surface area contributed by atoms with E-state index in [9.17, 15) is 10.1 Å². The third-order valence-electron chi connectivity index (χ3n) is 2.13. The molecular formula is C8H9ClN4O3. The highest BCUT2D eigenvalue weighted by Gasteiger charge is 2.20. The lowest BCUT2D eigenvalue weighted by Gasteiger charge is -2.14. The van der Waals surface area contributed by atoms with Crippen molar-refractivity contribution >= 4 is 11.6 Å². The Labute approximate surface area is 95.8 Å². The van der Waals surface area contributed by atoms with Gasteiger partial charge in [-0.1, -0.05) is 16.8 Å². The number of nitro groups is 1. The van der Waals surface area contributed by atoms with Crippen LogP contribution in [0.5, 0.6) is 0 Å². The highest BCUT2D eigenvalue weighted by molar-refractivity contribution is 6.29. The molecule has 2 rings (SSSR count). The molecule has 1 fully saturated rings. The summed E-state index contributed by atoms with van der Waals surface area (Å²) in [7, 11) is 0. The van der Waals surface area contributed by atoms with Gasteiger partial charge in [0.2, 0.25) is 0 Å². The summed E-state index contributed by atoms with van der Waals surface area (Å²) in [6.07, 6.45) is 0.935. The summed E-state index contributed by atoms with van der Waals surface area (Å²) < 4.78 is 4.93. The van der Waals surface area contributed by atoms with Gasteiger partial charge in [0.15, 0.2) is 16.7 Å². The van der Waals surface area contributed by atoms with Crippen LogP contribution in [0.2, 0.25) is 5.15 Å². The summed E-state index contributed by atoms with van der Waals surface area (Å²) in [5, 5.41) is 17.1. The van der Waals surface area contributed by atoms with Crippen molar-refractivity contribution in [1.82, 2.24) is 15.4 Å². The van der Waals surface area contributed by atoms with Crippen LogP contribution in [0.25, 0.3) is 0 Å². The first-order valence-electron chi connectivity index (χ1n) is 4.60. The van der Waals surface area contributed by atoms with E-state index in [-0.39, 0.29) is 5.15 Å². The van der Waals surface area contributed by atoms with Crippen LogP contribution in [-0.2, 0) is 6.54 Å². The monoisotopic (exact) mass is 244 g/mol. The van der Waals surface area contributed by atoms with Crippen molar-refractivity contribution in [3.63, 3.8) is 0 Å². The maximum atomic E-state index is 10.4. The van der Waals surface area contributed by atoms with Crippen LogP contribution in [0.15, 0.2) is 22.6 Å². The van der Waals surface area contributed by atoms with Crippen molar-refractivity contribution < 1.29 is 9.45 Å². The van der Waals surface area contributed by atoms with Crippen molar-refractivity contribution in [3.05, 3.63) is 39.1 Å². The number of hydrogen-bond donors (Lipinski definition) is 1. The average molecular weight is 245 g/mol. The second-order valence-corrected chi connectivity index (χ2v) is 3.65. The molecule has 1 N–H and O–H groups in total. The minimum Gasteiger partial charge on any atom is -0.365 e. The Morgan fingerprint density at radius 3 is 3.25 bits per heavy atom. The van der Waals surface area contributed by atoms with E-state index >= 15 is 0 Å². The van der Waals surface area contributed by atoms with E-state index in [1.165, 1.54) is 0 Å². The predicted octanol–water partition coefficient (Wildman–Crippen LogP) is 0.809. The fraction of sp³-hybridized carbons (Fsp3) is 0.375. The molecule has 1 aromatic heterocycles. The van der Waals surface area contributed by atoms with Gasteiger partial charge in [0.05, 0.1) is 11.5 Å². The van der Waals surface area contributed by atoms with Crippen LogP contribution >= 0.6 is 11.6 Å². The molecule has 2 heterocycles. The molecule has 0 atom stereocenters. The number of nitrogens with one attached hydrogen (secondary N) is 1. The molecule has 86 valence electrons. The molecule has 1 aliphatic heterocycles. The Bertz CT molecular complexity index is 431. The molecule has 0 radical (unpaired) electrons. The SMILES string of the molecule is O=[N+]([O-])C=C1NCCN1Cc1cc(Cl)no1. The molecule has 0 aromatic carbocycles. The molecule has 1 saturated heterocycles. The molecule has 1 aromatic rings. The van der Waals surface area contributed by atoms with Gasteiger partial charge in [-0.25, -0.2) is 0 Å². The van der Waals surface area contributed by atoms with Crippen LogP contribution in [0.3, 0.4) is 0 Å². The molecule has 0 amide bonds. The van der Waals surface area contributed by atoms with Crippen molar-refractivity contribution in [2.24, 2.45) is 0 Å². The maximum absolute atomic E-state index is 10.4. The quantitative estimate of drug-likeness (QED) is 0.626. The smallest absolute Gasteiger partial charge is 0.274 e. The lowest BCUT2D eigenvalue weighted by Crippen LogP contribution is -2.20. The third kappa shape index (κ3) is 2.43. The van der Waals surface area contributed by atoms with E-state index in [1.54, 1.807) is 11.0 Å². The lowest BCUT2D eigenvalue weighted by molar-refractivity contribution is -0.404. The van der Waals surface area contributed by atoms with Gasteiger partial charge in [0.25, 0.3) is 6.20 Å². The lowest BCUT2D eigenvalue weighted by atomic mass is 10.4. The molecule has 0 unspecified atom stereocenters. The van der Waals surface area contributed by atoms with Crippen LogP contribution in [0.4, 0.5) is 0 Å². The van der Waals surface area contributed by atoms with Gasteiger partial charge in [-0.2, -0.15) is 0 Å². The minimum atomic E-state index is -0.492. The zero-order chi connectivity index (χ0) is 11.5. The van der Waals surface area contributed by atoms with Crippen LogP contribution in [0, 0.1) is 10.1 Å². The zero-order valence-electron chi connectivity index (χ0n) is 8.22. The number of halogens is 1. The first-order chi connectivity index (χ1) is 7.65. The van der Waals surface area contributed by atoms with Gasteiger partial charge in [-0.15, -0.1) is 0 Å². The summed E-state index contributed by atoms with van der Waals surface area (Å²) in [5.41, 5.74) is 0. The Morgan fingerprint density at radius 2 is 2.62 bits per heavy atom. The maximum Gasteiger partial charge on any atom is 0.274 e. The molecular weight excluding hydrogens is 236 g/mol. The van der Waals surface area contributed by atoms with E-state index in [0.717, 1.165) is 6.20 Å². The molecule has 16 heavy (non-hydrogen) atoms. The third-order valence-corrected chi connectivity index (χ3v) is 2.31. The van der Waals surface area contributed by atoms with E-state index in [0.29, 0.717) is 31.2 Å². The van der Waals surface area contributed by atoms with Crippen molar-refractivity contribution in [2.45, 2.75) is 6.54 Å². The standard InChI is InChI=1S/C8H9ClN4O3/c9-7-3-6(16-11-7)4-12-2-1-10-8(12)5-13(14)15/h3,5,10H,1-2,4H2. The molecule has 0 aliphatic carbocycles. The van der Waals surface area contributed by atoms with Crippen molar-refractivity contribution in [2.75, 3.05) is 13.1 Å². The van der Waals surface area contributed by atoms with Gasteiger partial charge in [-0.05, 0) is 0 Å². The van der Waals surface area contributed by atoms with Gasteiger partial charge in [0.1, 0.15) is 0 Å². The summed E-state index contributed by atoms with van der Waals surface area (Å²) >= 11 is 5.60. The first kappa shape index (κ1) is 10.7. The van der Waals surface area contributed by atoms with Crippen LogP contribution in [0.1, 0.15) is 5.76 Å². The topological polar surface area (TPSA) is 84.4 Å². The molecule has 8 heteroatoms. The Morgan fingerprint density at radius 1 is 1.81 bits per heavy atom. The molecule has 7 nitrogen and oxygen atoms in total. The Balaban J connectivity index is 2.06. The highest BCUT2D eigenvalue weighted by Crippen LogP contribution is 2.15. The fourth-order valence-corrected chi connectivity index (χ4v) is 1.65. The van der Waals surface area contributed by atoms with Gasteiger partial charge in [0, 0.05) is 19.2 Å². The van der Waals surface area contributed by atoms with Crippen molar-refractivity contribution in [1.29, 1.82) is 0 Å². The Hall–Kier alpha value is -1.76. The van der Waals surface area contributed by atoms with Crippen molar-refractivity contribution in [3.8, 4) is 0 Å². The summed E-state index contributed by atoms with van der Waals surface area (Å²) in [6.45, 7) is 1.76. The number of aromatic nitrogens is 1. The molecule has 0 saturated carbocycles. The van der Waals surface area contributed by atoms with Gasteiger partial charge in [-0.3, -0.25) is 10.1 Å². The van der Waals surface area contributed by atoms with Crippen LogP contribution in [-0.4, -0.2) is 28.1 Å².